The normalized spacial score (nSPS) is 11.2. The summed E-state index contributed by atoms with van der Waals surface area (Å²) in [5, 5.41) is 0. The molecular weight excluding hydrogens is 258 g/mol. The summed E-state index contributed by atoms with van der Waals surface area (Å²) in [4.78, 5) is 11.8. The van der Waals surface area contributed by atoms with E-state index in [0.29, 0.717) is 36.6 Å². The van der Waals surface area contributed by atoms with Gasteiger partial charge in [0.25, 0.3) is 0 Å². The van der Waals surface area contributed by atoms with Crippen LogP contribution in [0.4, 0.5) is 5.69 Å². The average Bonchev–Trinajstić information content (AvgIpc) is 2.39. The maximum atomic E-state index is 11.8. The minimum absolute atomic E-state index is 0.273. The molecule has 0 aromatic heterocycles. The van der Waals surface area contributed by atoms with Gasteiger partial charge in [-0.05, 0) is 32.9 Å². The first-order chi connectivity index (χ1) is 9.39. The van der Waals surface area contributed by atoms with Crippen molar-refractivity contribution in [1.82, 2.24) is 0 Å². The van der Waals surface area contributed by atoms with Crippen LogP contribution in [0.3, 0.4) is 0 Å². The van der Waals surface area contributed by atoms with Crippen molar-refractivity contribution in [3.63, 3.8) is 0 Å². The first-order valence-electron chi connectivity index (χ1n) is 6.64. The van der Waals surface area contributed by atoms with E-state index in [0.717, 1.165) is 0 Å². The van der Waals surface area contributed by atoms with E-state index in [-0.39, 0.29) is 5.60 Å². The van der Waals surface area contributed by atoms with Gasteiger partial charge in [-0.3, -0.25) is 0 Å². The molecule has 0 bridgehead atoms. The highest BCUT2D eigenvalue weighted by Gasteiger charge is 2.18. The molecule has 0 atom stereocenters. The third-order valence-electron chi connectivity index (χ3n) is 3.02. The molecule has 1 aromatic rings. The number of benzene rings is 1. The van der Waals surface area contributed by atoms with E-state index < -0.39 is 5.97 Å². The second kappa shape index (κ2) is 7.14. The molecule has 0 heterocycles. The van der Waals surface area contributed by atoms with Gasteiger partial charge in [-0.15, -0.1) is 0 Å². The number of ether oxygens (including phenoxy) is 3. The molecule has 5 heteroatoms. The van der Waals surface area contributed by atoms with Gasteiger partial charge in [-0.1, -0.05) is 0 Å². The number of carbonyl (C=O) groups is 1. The Morgan fingerprint density at radius 3 is 2.65 bits per heavy atom. The predicted molar refractivity (Wildman–Crippen MR) is 78.0 cm³/mol. The lowest BCUT2D eigenvalue weighted by Crippen LogP contribution is -2.25. The first kappa shape index (κ1) is 16.3. The van der Waals surface area contributed by atoms with Crippen molar-refractivity contribution >= 4 is 11.7 Å². The minimum atomic E-state index is -0.409. The number of hydrogen-bond donors (Lipinski definition) is 1. The predicted octanol–water partition coefficient (Wildman–Crippen LogP) is 2.64. The Morgan fingerprint density at radius 2 is 2.05 bits per heavy atom. The standard InChI is InChI=1S/C15H23NO4/c1-5-19-14(17)12-7-6-11(16)10-13(12)20-9-8-15(2,3)18-4/h6-7,10H,5,8-9,16H2,1-4H3. The number of esters is 1. The van der Waals surface area contributed by atoms with Gasteiger partial charge in [0.1, 0.15) is 11.3 Å². The number of nitrogen functional groups attached to an aromatic ring is 1. The van der Waals surface area contributed by atoms with Crippen molar-refractivity contribution in [3.8, 4) is 5.75 Å². The summed E-state index contributed by atoms with van der Waals surface area (Å²) in [5.41, 5.74) is 6.38. The lowest BCUT2D eigenvalue weighted by atomic mass is 10.1. The highest BCUT2D eigenvalue weighted by Crippen LogP contribution is 2.24. The van der Waals surface area contributed by atoms with Crippen molar-refractivity contribution in [1.29, 1.82) is 0 Å². The smallest absolute Gasteiger partial charge is 0.341 e. The van der Waals surface area contributed by atoms with Gasteiger partial charge in [0, 0.05) is 25.3 Å². The molecule has 0 unspecified atom stereocenters. The van der Waals surface area contributed by atoms with E-state index >= 15 is 0 Å². The maximum Gasteiger partial charge on any atom is 0.341 e. The van der Waals surface area contributed by atoms with Crippen molar-refractivity contribution in [3.05, 3.63) is 23.8 Å². The number of carbonyl (C=O) groups excluding carboxylic acids is 1. The van der Waals surface area contributed by atoms with E-state index in [4.69, 9.17) is 19.9 Å². The summed E-state index contributed by atoms with van der Waals surface area (Å²) in [6.07, 6.45) is 0.695. The van der Waals surface area contributed by atoms with Gasteiger partial charge in [0.15, 0.2) is 0 Å². The Hall–Kier alpha value is -1.75. The molecule has 112 valence electrons. The topological polar surface area (TPSA) is 70.8 Å². The molecule has 0 amide bonds. The fraction of sp³-hybridized carbons (Fsp3) is 0.533. The summed E-state index contributed by atoms with van der Waals surface area (Å²) in [5.74, 6) is 0.0313. The molecule has 0 aliphatic heterocycles. The van der Waals surface area contributed by atoms with Crippen LogP contribution in [0, 0.1) is 0 Å². The highest BCUT2D eigenvalue weighted by atomic mass is 16.5. The quantitative estimate of drug-likeness (QED) is 0.614. The van der Waals surface area contributed by atoms with Gasteiger partial charge in [-0.2, -0.15) is 0 Å². The molecule has 0 aliphatic rings. The van der Waals surface area contributed by atoms with Gasteiger partial charge in [-0.25, -0.2) is 4.79 Å². The monoisotopic (exact) mass is 281 g/mol. The van der Waals surface area contributed by atoms with E-state index in [1.54, 1.807) is 32.2 Å². The Kier molecular flexibility index (Phi) is 5.82. The first-order valence-corrected chi connectivity index (χ1v) is 6.64. The second-order valence-electron chi connectivity index (χ2n) is 5.04. The van der Waals surface area contributed by atoms with Crippen molar-refractivity contribution < 1.29 is 19.0 Å². The molecule has 1 aromatic carbocycles. The van der Waals surface area contributed by atoms with Crippen LogP contribution >= 0.6 is 0 Å². The number of methoxy groups -OCH3 is 1. The summed E-state index contributed by atoms with van der Waals surface area (Å²) < 4.78 is 16.0. The summed E-state index contributed by atoms with van der Waals surface area (Å²) in [6.45, 7) is 6.46. The molecule has 0 radical (unpaired) electrons. The molecule has 1 rings (SSSR count). The van der Waals surface area contributed by atoms with E-state index in [1.165, 1.54) is 0 Å². The third-order valence-corrected chi connectivity index (χ3v) is 3.02. The zero-order chi connectivity index (χ0) is 15.2. The molecule has 0 aliphatic carbocycles. The van der Waals surface area contributed by atoms with Crippen LogP contribution in [0.5, 0.6) is 5.75 Å². The fourth-order valence-electron chi connectivity index (χ4n) is 1.54. The molecule has 0 fully saturated rings. The molecule has 20 heavy (non-hydrogen) atoms. The van der Waals surface area contributed by atoms with Crippen LogP contribution in [-0.4, -0.2) is 31.9 Å². The Labute approximate surface area is 120 Å². The van der Waals surface area contributed by atoms with E-state index in [1.807, 2.05) is 13.8 Å². The van der Waals surface area contributed by atoms with Crippen LogP contribution in [0.15, 0.2) is 18.2 Å². The number of anilines is 1. The Balaban J connectivity index is 2.77. The molecule has 2 N–H and O–H groups in total. The van der Waals surface area contributed by atoms with Crippen LogP contribution in [0.2, 0.25) is 0 Å². The Morgan fingerprint density at radius 1 is 1.35 bits per heavy atom. The van der Waals surface area contributed by atoms with Crippen LogP contribution in [0.1, 0.15) is 37.6 Å². The number of rotatable bonds is 7. The van der Waals surface area contributed by atoms with Crippen LogP contribution in [0.25, 0.3) is 0 Å². The zero-order valence-electron chi connectivity index (χ0n) is 12.6. The van der Waals surface area contributed by atoms with Gasteiger partial charge < -0.3 is 19.9 Å². The third kappa shape index (κ3) is 4.74. The SMILES string of the molecule is CCOC(=O)c1ccc(N)cc1OCCC(C)(C)OC. The molecular formula is C15H23NO4. The van der Waals surface area contributed by atoms with Crippen molar-refractivity contribution in [2.24, 2.45) is 0 Å². The second-order valence-corrected chi connectivity index (χ2v) is 5.04. The molecule has 0 saturated carbocycles. The van der Waals surface area contributed by atoms with E-state index in [2.05, 4.69) is 0 Å². The number of nitrogens with two attached hydrogens (primary N) is 1. The van der Waals surface area contributed by atoms with Crippen molar-refractivity contribution in [2.75, 3.05) is 26.1 Å². The van der Waals surface area contributed by atoms with Crippen LogP contribution in [-0.2, 0) is 9.47 Å². The molecule has 0 spiro atoms. The van der Waals surface area contributed by atoms with Gasteiger partial charge >= 0.3 is 5.97 Å². The summed E-state index contributed by atoms with van der Waals surface area (Å²) in [6, 6.07) is 4.90. The average molecular weight is 281 g/mol. The van der Waals surface area contributed by atoms with Gasteiger partial charge in [0.2, 0.25) is 0 Å². The fourth-order valence-corrected chi connectivity index (χ4v) is 1.54. The number of hydrogen-bond acceptors (Lipinski definition) is 5. The zero-order valence-corrected chi connectivity index (χ0v) is 12.6. The lowest BCUT2D eigenvalue weighted by molar-refractivity contribution is 0.00534. The van der Waals surface area contributed by atoms with E-state index in [9.17, 15) is 4.79 Å². The lowest BCUT2D eigenvalue weighted by Gasteiger charge is -2.23. The maximum absolute atomic E-state index is 11.8. The Bertz CT molecular complexity index is 457. The molecule has 5 nitrogen and oxygen atoms in total. The molecule has 0 saturated heterocycles. The minimum Gasteiger partial charge on any atom is -0.492 e. The summed E-state index contributed by atoms with van der Waals surface area (Å²) in [7, 11) is 1.66. The highest BCUT2D eigenvalue weighted by molar-refractivity contribution is 5.93. The summed E-state index contributed by atoms with van der Waals surface area (Å²) >= 11 is 0. The largest absolute Gasteiger partial charge is 0.492 e. The van der Waals surface area contributed by atoms with Crippen LogP contribution < -0.4 is 10.5 Å². The van der Waals surface area contributed by atoms with Gasteiger partial charge in [0.05, 0.1) is 18.8 Å². The van der Waals surface area contributed by atoms with Crippen molar-refractivity contribution in [2.45, 2.75) is 32.8 Å².